The third-order valence-corrected chi connectivity index (χ3v) is 6.42. The number of rotatable bonds is 7. The summed E-state index contributed by atoms with van der Waals surface area (Å²) in [7, 11) is 0. The molecule has 196 valence electrons. The molecule has 1 amide bonds. The minimum absolute atomic E-state index is 0.0310. The summed E-state index contributed by atoms with van der Waals surface area (Å²) in [6.07, 6.45) is 3.46. The number of carbonyl (C=O) groups excluding carboxylic acids is 1. The lowest BCUT2D eigenvalue weighted by molar-refractivity contribution is 0.0948. The van der Waals surface area contributed by atoms with Crippen molar-refractivity contribution in [1.29, 1.82) is 0 Å². The quantitative estimate of drug-likeness (QED) is 0.231. The summed E-state index contributed by atoms with van der Waals surface area (Å²) in [5, 5.41) is 31.3. The fraction of sp³-hybridized carbons (Fsp3) is 0.208. The highest BCUT2D eigenvalue weighted by Crippen LogP contribution is 2.29. The molecule has 0 aliphatic carbocycles. The molecule has 0 fully saturated rings. The smallest absolute Gasteiger partial charge is 0.293 e. The molecule has 1 aliphatic rings. The standard InChI is InChI=1S/C24H23N13O2/c1-15(17-7-4-9-18(12-17)36-14-26-32-34-36)27-29-24(38)21-20(37(33-28-21)23-22(25)30-39-31-23)13-35-11-5-8-16-6-2-3-10-19(16)35/h2-4,6-7,9-10,12,14H,5,8,11,13H2,1H3,(H2,25,30)(H,29,38). The molecule has 3 aromatic heterocycles. The number of hydrogen-bond acceptors (Lipinski definition) is 12. The second-order valence-electron chi connectivity index (χ2n) is 8.87. The van der Waals surface area contributed by atoms with Gasteiger partial charge in [0.2, 0.25) is 11.6 Å². The highest BCUT2D eigenvalue weighted by atomic mass is 16.6. The molecule has 5 aromatic rings. The number of aromatic nitrogens is 9. The second-order valence-corrected chi connectivity index (χ2v) is 8.87. The average molecular weight is 526 g/mol. The van der Waals surface area contributed by atoms with Gasteiger partial charge in [-0.25, -0.2) is 14.7 Å². The highest BCUT2D eigenvalue weighted by Gasteiger charge is 2.27. The van der Waals surface area contributed by atoms with Crippen LogP contribution in [0.4, 0.5) is 11.5 Å². The van der Waals surface area contributed by atoms with Crippen LogP contribution in [-0.2, 0) is 13.0 Å². The fourth-order valence-corrected chi connectivity index (χ4v) is 4.49. The molecule has 6 rings (SSSR count). The first kappa shape index (κ1) is 23.9. The maximum atomic E-state index is 13.3. The fourth-order valence-electron chi connectivity index (χ4n) is 4.49. The number of anilines is 2. The molecule has 1 aliphatic heterocycles. The molecular weight excluding hydrogens is 502 g/mol. The van der Waals surface area contributed by atoms with Crippen molar-refractivity contribution in [3.8, 4) is 11.5 Å². The molecule has 0 spiro atoms. The minimum atomic E-state index is -0.535. The van der Waals surface area contributed by atoms with Gasteiger partial charge < -0.3 is 10.6 Å². The Morgan fingerprint density at radius 1 is 1.15 bits per heavy atom. The normalized spacial score (nSPS) is 13.4. The van der Waals surface area contributed by atoms with E-state index in [0.29, 0.717) is 18.0 Å². The van der Waals surface area contributed by atoms with Crippen LogP contribution in [0.3, 0.4) is 0 Å². The number of amides is 1. The second kappa shape index (κ2) is 10.1. The van der Waals surface area contributed by atoms with Gasteiger partial charge >= 0.3 is 0 Å². The van der Waals surface area contributed by atoms with Gasteiger partial charge in [0.05, 0.1) is 23.6 Å². The van der Waals surface area contributed by atoms with Crippen LogP contribution in [0.15, 0.2) is 64.6 Å². The molecule has 0 radical (unpaired) electrons. The number of fused-ring (bicyclic) bond motifs is 1. The van der Waals surface area contributed by atoms with E-state index in [4.69, 9.17) is 10.4 Å². The van der Waals surface area contributed by atoms with Crippen LogP contribution < -0.4 is 16.1 Å². The van der Waals surface area contributed by atoms with Gasteiger partial charge in [0.25, 0.3) is 5.91 Å². The molecule has 0 unspecified atom stereocenters. The van der Waals surface area contributed by atoms with Crippen LogP contribution in [0, 0.1) is 0 Å². The first-order chi connectivity index (χ1) is 19.1. The molecule has 0 saturated carbocycles. The van der Waals surface area contributed by atoms with Crippen LogP contribution in [0.1, 0.15) is 40.7 Å². The Bertz CT molecular complexity index is 1650. The van der Waals surface area contributed by atoms with Crippen LogP contribution in [0.2, 0.25) is 0 Å². The lowest BCUT2D eigenvalue weighted by Crippen LogP contribution is -2.31. The molecule has 39 heavy (non-hydrogen) atoms. The van der Waals surface area contributed by atoms with Crippen LogP contribution in [-0.4, -0.2) is 63.7 Å². The van der Waals surface area contributed by atoms with Gasteiger partial charge in [0, 0.05) is 12.2 Å². The monoisotopic (exact) mass is 525 g/mol. The Balaban J connectivity index is 1.29. The number of nitrogens with one attached hydrogen (secondary N) is 1. The first-order valence-electron chi connectivity index (χ1n) is 12.1. The number of para-hydroxylation sites is 1. The summed E-state index contributed by atoms with van der Waals surface area (Å²) in [5.74, 6) is -0.350. The summed E-state index contributed by atoms with van der Waals surface area (Å²) in [6, 6.07) is 15.6. The van der Waals surface area contributed by atoms with Crippen molar-refractivity contribution < 1.29 is 9.42 Å². The maximum absolute atomic E-state index is 13.3. The molecule has 0 saturated heterocycles. The SMILES string of the molecule is CC(=NNC(=O)c1nnn(-c2nonc2N)c1CN1CCCc2ccccc21)c1cccc(-n2cnnn2)c1. The number of benzene rings is 2. The number of tetrazole rings is 1. The van der Waals surface area contributed by atoms with Gasteiger partial charge in [-0.1, -0.05) is 35.5 Å². The molecule has 3 N–H and O–H groups in total. The third-order valence-electron chi connectivity index (χ3n) is 6.42. The molecule has 15 nitrogen and oxygen atoms in total. The van der Waals surface area contributed by atoms with E-state index in [-0.39, 0.29) is 17.3 Å². The first-order valence-corrected chi connectivity index (χ1v) is 12.1. The van der Waals surface area contributed by atoms with Crippen molar-refractivity contribution in [3.05, 3.63) is 77.4 Å². The number of carbonyl (C=O) groups is 1. The van der Waals surface area contributed by atoms with E-state index in [1.807, 2.05) is 36.4 Å². The van der Waals surface area contributed by atoms with Crippen molar-refractivity contribution in [2.75, 3.05) is 17.2 Å². The molecule has 0 atom stereocenters. The van der Waals surface area contributed by atoms with E-state index in [9.17, 15) is 4.79 Å². The number of hydrogen-bond donors (Lipinski definition) is 2. The molecule has 0 bridgehead atoms. The van der Waals surface area contributed by atoms with Crippen molar-refractivity contribution >= 4 is 23.1 Å². The van der Waals surface area contributed by atoms with E-state index in [1.54, 1.807) is 6.92 Å². The summed E-state index contributed by atoms with van der Waals surface area (Å²) >= 11 is 0. The van der Waals surface area contributed by atoms with Crippen molar-refractivity contribution in [3.63, 3.8) is 0 Å². The van der Waals surface area contributed by atoms with E-state index in [1.165, 1.54) is 21.3 Å². The molecule has 4 heterocycles. The largest absolute Gasteiger partial charge is 0.378 e. The number of hydrazone groups is 1. The predicted octanol–water partition coefficient (Wildman–Crippen LogP) is 1.31. The number of nitrogens with zero attached hydrogens (tertiary/aromatic N) is 11. The van der Waals surface area contributed by atoms with Gasteiger partial charge in [0.1, 0.15) is 6.33 Å². The number of nitrogens with two attached hydrogens (primary N) is 1. The topological polar surface area (TPSA) is 184 Å². The summed E-state index contributed by atoms with van der Waals surface area (Å²) < 4.78 is 7.68. The Morgan fingerprint density at radius 3 is 2.87 bits per heavy atom. The Labute approximate surface area is 221 Å². The Kier molecular flexibility index (Phi) is 6.20. The van der Waals surface area contributed by atoms with Gasteiger partial charge in [-0.3, -0.25) is 4.79 Å². The van der Waals surface area contributed by atoms with Gasteiger partial charge in [-0.2, -0.15) is 9.78 Å². The zero-order chi connectivity index (χ0) is 26.8. The van der Waals surface area contributed by atoms with Crippen molar-refractivity contribution in [2.45, 2.75) is 26.3 Å². The molecule has 2 aromatic carbocycles. The number of nitrogen functional groups attached to an aromatic ring is 1. The van der Waals surface area contributed by atoms with Crippen LogP contribution in [0.25, 0.3) is 11.5 Å². The van der Waals surface area contributed by atoms with Gasteiger partial charge in [-0.15, -0.1) is 10.2 Å². The predicted molar refractivity (Wildman–Crippen MR) is 138 cm³/mol. The van der Waals surface area contributed by atoms with Crippen LogP contribution in [0.5, 0.6) is 0 Å². The van der Waals surface area contributed by atoms with E-state index in [0.717, 1.165) is 36.3 Å². The Morgan fingerprint density at radius 2 is 2.05 bits per heavy atom. The van der Waals surface area contributed by atoms with Crippen molar-refractivity contribution in [2.24, 2.45) is 5.10 Å². The highest BCUT2D eigenvalue weighted by molar-refractivity contribution is 6.01. The van der Waals surface area contributed by atoms with Gasteiger partial charge in [0.15, 0.2) is 5.69 Å². The van der Waals surface area contributed by atoms with E-state index in [2.05, 4.69) is 63.7 Å². The lowest BCUT2D eigenvalue weighted by atomic mass is 10.0. The van der Waals surface area contributed by atoms with E-state index >= 15 is 0 Å². The zero-order valence-electron chi connectivity index (χ0n) is 20.8. The average Bonchev–Trinajstić information content (AvgIpc) is 3.73. The van der Waals surface area contributed by atoms with E-state index < -0.39 is 5.91 Å². The summed E-state index contributed by atoms with van der Waals surface area (Å²) in [4.78, 5) is 15.5. The third kappa shape index (κ3) is 4.68. The zero-order valence-corrected chi connectivity index (χ0v) is 20.8. The maximum Gasteiger partial charge on any atom is 0.293 e. The number of aryl methyl sites for hydroxylation is 1. The van der Waals surface area contributed by atoms with Crippen molar-refractivity contribution in [1.82, 2.24) is 50.9 Å². The molecule has 15 heteroatoms. The van der Waals surface area contributed by atoms with Gasteiger partial charge in [-0.05, 0) is 69.8 Å². The molecular formula is C24H23N13O2. The lowest BCUT2D eigenvalue weighted by Gasteiger charge is -2.31. The summed E-state index contributed by atoms with van der Waals surface area (Å²) in [6.45, 7) is 2.91. The Hall–Kier alpha value is -5.47. The minimum Gasteiger partial charge on any atom is -0.378 e. The van der Waals surface area contributed by atoms with Crippen LogP contribution >= 0.6 is 0 Å². The summed E-state index contributed by atoms with van der Waals surface area (Å²) in [5.41, 5.74) is 13.5.